The van der Waals surface area contributed by atoms with Crippen LogP contribution in [0.3, 0.4) is 0 Å². The van der Waals surface area contributed by atoms with Gasteiger partial charge in [-0.25, -0.2) is 0 Å². The number of likely N-dealkylation sites (tertiary alicyclic amines) is 1. The van der Waals surface area contributed by atoms with Crippen molar-refractivity contribution >= 4 is 0 Å². The van der Waals surface area contributed by atoms with E-state index in [-0.39, 0.29) is 0 Å². The van der Waals surface area contributed by atoms with Crippen LogP contribution in [0.15, 0.2) is 73.1 Å². The fraction of sp³-hybridized carbons (Fsp3) is 0.364. The van der Waals surface area contributed by atoms with Crippen molar-refractivity contribution in [2.24, 2.45) is 0 Å². The molecule has 0 radical (unpaired) electrons. The second kappa shape index (κ2) is 7.32. The minimum Gasteiger partial charge on any atom is -0.370 e. The highest BCUT2D eigenvalue weighted by atomic mass is 15.3. The van der Waals surface area contributed by atoms with Gasteiger partial charge in [0.25, 0.3) is 0 Å². The molecule has 1 N–H and O–H groups in total. The Morgan fingerprint density at radius 1 is 0.880 bits per heavy atom. The predicted molar refractivity (Wildman–Crippen MR) is 103 cm³/mol. The fourth-order valence-corrected chi connectivity index (χ4v) is 4.25. The van der Waals surface area contributed by atoms with Crippen molar-refractivity contribution in [3.63, 3.8) is 0 Å². The van der Waals surface area contributed by atoms with Gasteiger partial charge in [-0.15, -0.1) is 0 Å². The van der Waals surface area contributed by atoms with Gasteiger partial charge in [0.1, 0.15) is 0 Å². The maximum atomic E-state index is 3.38. The number of nitrogens with zero attached hydrogens (tertiary/aromatic N) is 2. The van der Waals surface area contributed by atoms with Gasteiger partial charge in [0.2, 0.25) is 0 Å². The number of hydrogen-bond donors (Lipinski definition) is 1. The first-order chi connectivity index (χ1) is 12.3. The van der Waals surface area contributed by atoms with Gasteiger partial charge in [-0.2, -0.15) is 0 Å². The van der Waals surface area contributed by atoms with Crippen LogP contribution >= 0.6 is 0 Å². The zero-order valence-corrected chi connectivity index (χ0v) is 14.9. The van der Waals surface area contributed by atoms with Crippen molar-refractivity contribution in [3.8, 4) is 0 Å². The molecule has 25 heavy (non-hydrogen) atoms. The molecule has 2 aliphatic heterocycles. The summed E-state index contributed by atoms with van der Waals surface area (Å²) < 4.78 is 0. The van der Waals surface area contributed by atoms with E-state index in [1.165, 1.54) is 24.0 Å². The van der Waals surface area contributed by atoms with Gasteiger partial charge < -0.3 is 10.2 Å². The van der Waals surface area contributed by atoms with E-state index in [4.69, 9.17) is 0 Å². The smallest absolute Gasteiger partial charge is 0.0955 e. The molecule has 0 aromatic heterocycles. The third-order valence-electron chi connectivity index (χ3n) is 5.55. The molecule has 1 saturated heterocycles. The molecule has 0 amide bonds. The topological polar surface area (TPSA) is 18.5 Å². The van der Waals surface area contributed by atoms with Crippen LogP contribution in [0.5, 0.6) is 0 Å². The van der Waals surface area contributed by atoms with Crippen LogP contribution in [-0.4, -0.2) is 35.1 Å². The maximum absolute atomic E-state index is 3.38. The van der Waals surface area contributed by atoms with Crippen molar-refractivity contribution in [1.29, 1.82) is 0 Å². The average Bonchev–Trinajstić information content (AvgIpc) is 3.10. The summed E-state index contributed by atoms with van der Waals surface area (Å²) in [5.41, 5.74) is 2.78. The maximum Gasteiger partial charge on any atom is 0.0955 e. The molecular weight excluding hydrogens is 306 g/mol. The lowest BCUT2D eigenvalue weighted by atomic mass is 9.93. The Kier molecular flexibility index (Phi) is 4.75. The van der Waals surface area contributed by atoms with E-state index in [9.17, 15) is 0 Å². The van der Waals surface area contributed by atoms with Gasteiger partial charge in [0.15, 0.2) is 0 Å². The molecule has 2 aliphatic rings. The van der Waals surface area contributed by atoms with Gasteiger partial charge in [-0.3, -0.25) is 4.90 Å². The van der Waals surface area contributed by atoms with Gasteiger partial charge >= 0.3 is 0 Å². The molecule has 1 atom stereocenters. The fourth-order valence-electron chi connectivity index (χ4n) is 4.25. The van der Waals surface area contributed by atoms with E-state index < -0.39 is 0 Å². The number of nitrogens with one attached hydrogen (secondary N) is 1. The van der Waals surface area contributed by atoms with Gasteiger partial charge in [0.05, 0.1) is 12.2 Å². The Morgan fingerprint density at radius 3 is 1.92 bits per heavy atom. The number of piperidine rings is 1. The van der Waals surface area contributed by atoms with Crippen molar-refractivity contribution in [2.45, 2.75) is 38.0 Å². The molecule has 0 spiro atoms. The zero-order chi connectivity index (χ0) is 17.1. The summed E-state index contributed by atoms with van der Waals surface area (Å²) in [6.45, 7) is 4.51. The Morgan fingerprint density at radius 2 is 1.44 bits per heavy atom. The second-order valence-corrected chi connectivity index (χ2v) is 7.10. The van der Waals surface area contributed by atoms with Crippen LogP contribution in [0.1, 0.15) is 36.9 Å². The summed E-state index contributed by atoms with van der Waals surface area (Å²) in [4.78, 5) is 5.14. The van der Waals surface area contributed by atoms with Crippen LogP contribution in [0, 0.1) is 0 Å². The summed E-state index contributed by atoms with van der Waals surface area (Å²) in [5, 5.41) is 3.38. The highest BCUT2D eigenvalue weighted by Crippen LogP contribution is 2.32. The SMILES string of the molecule is CC1NC=CN1C1CCN(C(c2ccccc2)c2ccccc2)CC1. The molecule has 2 aromatic rings. The van der Waals surface area contributed by atoms with Crippen LogP contribution in [0.4, 0.5) is 0 Å². The van der Waals surface area contributed by atoms with Crippen molar-refractivity contribution in [3.05, 3.63) is 84.2 Å². The Bertz CT molecular complexity index is 650. The predicted octanol–water partition coefficient (Wildman–Crippen LogP) is 3.96. The first-order valence-corrected chi connectivity index (χ1v) is 9.37. The third-order valence-corrected chi connectivity index (χ3v) is 5.55. The van der Waals surface area contributed by atoms with Gasteiger partial charge in [0, 0.05) is 31.5 Å². The van der Waals surface area contributed by atoms with Gasteiger partial charge in [-0.05, 0) is 30.9 Å². The molecule has 2 aromatic carbocycles. The lowest BCUT2D eigenvalue weighted by Gasteiger charge is -2.42. The van der Waals surface area contributed by atoms with Crippen molar-refractivity contribution in [1.82, 2.24) is 15.1 Å². The van der Waals surface area contributed by atoms with Crippen LogP contribution in [0.25, 0.3) is 0 Å². The summed E-state index contributed by atoms with van der Waals surface area (Å²) in [5.74, 6) is 0. The Balaban J connectivity index is 1.52. The lowest BCUT2D eigenvalue weighted by molar-refractivity contribution is 0.103. The summed E-state index contributed by atoms with van der Waals surface area (Å²) in [7, 11) is 0. The number of rotatable bonds is 4. The highest BCUT2D eigenvalue weighted by molar-refractivity contribution is 5.32. The first-order valence-electron chi connectivity index (χ1n) is 9.37. The van der Waals surface area contributed by atoms with E-state index >= 15 is 0 Å². The molecule has 1 fully saturated rings. The summed E-state index contributed by atoms with van der Waals surface area (Å²) in [6, 6.07) is 22.9. The standard InChI is InChI=1S/C22H27N3/c1-18-23-14-17-25(18)21-12-15-24(16-13-21)22(19-8-4-2-5-9-19)20-10-6-3-7-11-20/h2-11,14,17-18,21-23H,12-13,15-16H2,1H3. The molecule has 3 nitrogen and oxygen atoms in total. The first kappa shape index (κ1) is 16.2. The van der Waals surface area contributed by atoms with E-state index in [0.717, 1.165) is 13.1 Å². The molecule has 0 saturated carbocycles. The highest BCUT2D eigenvalue weighted by Gasteiger charge is 2.31. The Labute approximate surface area is 151 Å². The van der Waals surface area contributed by atoms with E-state index in [1.54, 1.807) is 0 Å². The van der Waals surface area contributed by atoms with Crippen LogP contribution < -0.4 is 5.32 Å². The minimum atomic E-state index is 0.355. The van der Waals surface area contributed by atoms with Gasteiger partial charge in [-0.1, -0.05) is 60.7 Å². The molecule has 1 unspecified atom stereocenters. The zero-order valence-electron chi connectivity index (χ0n) is 14.9. The van der Waals surface area contributed by atoms with Crippen LogP contribution in [0.2, 0.25) is 0 Å². The quantitative estimate of drug-likeness (QED) is 0.913. The van der Waals surface area contributed by atoms with E-state index in [1.807, 2.05) is 0 Å². The molecule has 0 bridgehead atoms. The average molecular weight is 333 g/mol. The van der Waals surface area contributed by atoms with Crippen molar-refractivity contribution in [2.75, 3.05) is 13.1 Å². The lowest BCUT2D eigenvalue weighted by Crippen LogP contribution is -2.47. The second-order valence-electron chi connectivity index (χ2n) is 7.10. The van der Waals surface area contributed by atoms with Crippen LogP contribution in [-0.2, 0) is 0 Å². The molecule has 3 heteroatoms. The van der Waals surface area contributed by atoms with Crippen molar-refractivity contribution < 1.29 is 0 Å². The molecule has 2 heterocycles. The van der Waals surface area contributed by atoms with E-state index in [0.29, 0.717) is 18.2 Å². The number of benzene rings is 2. The largest absolute Gasteiger partial charge is 0.370 e. The molecular formula is C22H27N3. The summed E-state index contributed by atoms with van der Waals surface area (Å²) in [6.07, 6.45) is 7.15. The third kappa shape index (κ3) is 3.42. The normalized spacial score (nSPS) is 21.7. The summed E-state index contributed by atoms with van der Waals surface area (Å²) >= 11 is 0. The molecule has 4 rings (SSSR count). The van der Waals surface area contributed by atoms with E-state index in [2.05, 4.69) is 95.1 Å². The number of hydrogen-bond acceptors (Lipinski definition) is 3. The molecule has 0 aliphatic carbocycles. The Hall–Kier alpha value is -2.26. The minimum absolute atomic E-state index is 0.355. The monoisotopic (exact) mass is 333 g/mol. The molecule has 130 valence electrons.